The van der Waals surface area contributed by atoms with E-state index in [2.05, 4.69) is 9.37 Å². The van der Waals surface area contributed by atoms with E-state index in [-0.39, 0.29) is 17.6 Å². The van der Waals surface area contributed by atoms with Crippen molar-refractivity contribution >= 4 is 22.2 Å². The van der Waals surface area contributed by atoms with Crippen molar-refractivity contribution in [3.63, 3.8) is 0 Å². The highest BCUT2D eigenvalue weighted by molar-refractivity contribution is 7.95. The molecule has 2 atom stereocenters. The molecule has 0 radical (unpaired) electrons. The van der Waals surface area contributed by atoms with Crippen LogP contribution in [0, 0.1) is 0 Å². The molecule has 1 aromatic rings. The highest BCUT2D eigenvalue weighted by Gasteiger charge is 2.33. The number of hydrogen-bond donors (Lipinski definition) is 4. The fourth-order valence-corrected chi connectivity index (χ4v) is 3.31. The van der Waals surface area contributed by atoms with E-state index in [1.165, 1.54) is 13.8 Å². The van der Waals surface area contributed by atoms with Gasteiger partial charge in [-0.2, -0.15) is 8.42 Å². The second-order valence-electron chi connectivity index (χ2n) is 8.00. The number of aliphatic hydroxyl groups is 2. The van der Waals surface area contributed by atoms with Crippen molar-refractivity contribution in [1.29, 1.82) is 0 Å². The van der Waals surface area contributed by atoms with E-state index < -0.39 is 27.1 Å². The van der Waals surface area contributed by atoms with Crippen molar-refractivity contribution in [1.82, 2.24) is 0 Å². The number of hydrogen-bond acceptors (Lipinski definition) is 8. The van der Waals surface area contributed by atoms with Crippen LogP contribution in [0.15, 0.2) is 24.3 Å². The molecule has 0 aliphatic rings. The zero-order valence-electron chi connectivity index (χ0n) is 16.5. The van der Waals surface area contributed by atoms with Gasteiger partial charge in [-0.15, -0.1) is 4.33 Å². The fourth-order valence-electron chi connectivity index (χ4n) is 2.52. The maximum absolute atomic E-state index is 11.3. The van der Waals surface area contributed by atoms with Crippen molar-refractivity contribution in [2.45, 2.75) is 75.1 Å². The highest BCUT2D eigenvalue weighted by atomic mass is 32.2. The molecule has 0 amide bonds. The first-order valence-electron chi connectivity index (χ1n) is 8.88. The molecule has 0 heterocycles. The third kappa shape index (κ3) is 7.96. The van der Waals surface area contributed by atoms with Crippen LogP contribution in [0.3, 0.4) is 0 Å². The van der Waals surface area contributed by atoms with Gasteiger partial charge in [-0.05, 0) is 64.5 Å². The third-order valence-corrected chi connectivity index (χ3v) is 7.12. The van der Waals surface area contributed by atoms with E-state index >= 15 is 0 Å². The lowest BCUT2D eigenvalue weighted by Gasteiger charge is -2.23. The third-order valence-electron chi connectivity index (χ3n) is 4.73. The van der Waals surface area contributed by atoms with Gasteiger partial charge in [-0.1, -0.05) is 29.3 Å². The Morgan fingerprint density at radius 1 is 0.964 bits per heavy atom. The van der Waals surface area contributed by atoms with E-state index in [4.69, 9.17) is 5.26 Å². The molecule has 0 spiro atoms. The molecule has 10 heteroatoms. The normalized spacial score (nSPS) is 15.4. The van der Waals surface area contributed by atoms with Gasteiger partial charge in [0.1, 0.15) is 0 Å². The summed E-state index contributed by atoms with van der Waals surface area (Å²) in [5.74, 6) is 0. The first kappa shape index (κ1) is 25.3. The SMILES string of the molecule is CC(C)(CCC(O)c1ccc(C(O)CCC(C)(C)S(=O)(=O)O)cc1)SOOO. The van der Waals surface area contributed by atoms with Crippen LogP contribution in [-0.4, -0.2) is 37.9 Å². The largest absolute Gasteiger partial charge is 0.388 e. The Morgan fingerprint density at radius 2 is 1.39 bits per heavy atom. The van der Waals surface area contributed by atoms with E-state index in [1.807, 2.05) is 13.8 Å². The Balaban J connectivity index is 2.62. The Morgan fingerprint density at radius 3 is 1.79 bits per heavy atom. The number of rotatable bonds is 12. The molecule has 0 saturated carbocycles. The molecule has 2 unspecified atom stereocenters. The minimum atomic E-state index is -4.20. The molecule has 162 valence electrons. The lowest BCUT2D eigenvalue weighted by molar-refractivity contribution is -0.432. The average molecular weight is 439 g/mol. The van der Waals surface area contributed by atoms with Crippen LogP contribution in [0.4, 0.5) is 0 Å². The average Bonchev–Trinajstić information content (AvgIpc) is 2.62. The Bertz CT molecular complexity index is 701. The predicted octanol–water partition coefficient (Wildman–Crippen LogP) is 3.83. The molecule has 4 N–H and O–H groups in total. The number of aliphatic hydroxyl groups excluding tert-OH is 2. The smallest absolute Gasteiger partial charge is 0.270 e. The van der Waals surface area contributed by atoms with Gasteiger partial charge in [0, 0.05) is 16.8 Å². The first-order chi connectivity index (χ1) is 12.8. The molecular weight excluding hydrogens is 408 g/mol. The van der Waals surface area contributed by atoms with Crippen molar-refractivity contribution in [3.05, 3.63) is 35.4 Å². The van der Waals surface area contributed by atoms with Crippen LogP contribution < -0.4 is 0 Å². The molecular formula is C18H30O8S2. The maximum atomic E-state index is 11.3. The van der Waals surface area contributed by atoms with Crippen LogP contribution >= 0.6 is 12.0 Å². The first-order valence-corrected chi connectivity index (χ1v) is 11.1. The zero-order valence-corrected chi connectivity index (χ0v) is 18.2. The molecule has 0 aliphatic heterocycles. The minimum Gasteiger partial charge on any atom is -0.388 e. The van der Waals surface area contributed by atoms with Crippen LogP contribution in [-0.2, 0) is 19.5 Å². The molecule has 1 rings (SSSR count). The lowest BCUT2D eigenvalue weighted by atomic mass is 9.95. The van der Waals surface area contributed by atoms with Crippen molar-refractivity contribution < 1.29 is 37.8 Å². The van der Waals surface area contributed by atoms with Crippen LogP contribution in [0.2, 0.25) is 0 Å². The van der Waals surface area contributed by atoms with E-state index in [9.17, 15) is 23.2 Å². The van der Waals surface area contributed by atoms with E-state index in [1.54, 1.807) is 24.3 Å². The van der Waals surface area contributed by atoms with Crippen molar-refractivity contribution in [2.24, 2.45) is 0 Å². The summed E-state index contributed by atoms with van der Waals surface area (Å²) in [4.78, 5) is 0. The summed E-state index contributed by atoms with van der Waals surface area (Å²) in [6.07, 6.45) is -0.259. The highest BCUT2D eigenvalue weighted by Crippen LogP contribution is 2.33. The van der Waals surface area contributed by atoms with E-state index in [0.29, 0.717) is 24.0 Å². The topological polar surface area (TPSA) is 134 Å². The van der Waals surface area contributed by atoms with Gasteiger partial charge in [0.15, 0.2) is 0 Å². The molecule has 0 aromatic heterocycles. The van der Waals surface area contributed by atoms with Gasteiger partial charge in [0.05, 0.1) is 17.0 Å². The van der Waals surface area contributed by atoms with Gasteiger partial charge in [0.2, 0.25) is 0 Å². The van der Waals surface area contributed by atoms with Crippen LogP contribution in [0.5, 0.6) is 0 Å². The predicted molar refractivity (Wildman–Crippen MR) is 107 cm³/mol. The summed E-state index contributed by atoms with van der Waals surface area (Å²) in [7, 11) is -4.20. The minimum absolute atomic E-state index is 0.101. The van der Waals surface area contributed by atoms with Gasteiger partial charge >= 0.3 is 0 Å². The van der Waals surface area contributed by atoms with Crippen molar-refractivity contribution in [2.75, 3.05) is 0 Å². The molecule has 0 fully saturated rings. The molecule has 8 nitrogen and oxygen atoms in total. The van der Waals surface area contributed by atoms with Gasteiger partial charge in [-0.3, -0.25) is 4.55 Å². The second kappa shape index (κ2) is 10.4. The molecule has 0 bridgehead atoms. The fraction of sp³-hybridized carbons (Fsp3) is 0.667. The summed E-state index contributed by atoms with van der Waals surface area (Å²) >= 11 is 0.954. The summed E-state index contributed by atoms with van der Waals surface area (Å²) < 4.78 is 34.6. The molecule has 0 saturated heterocycles. The van der Waals surface area contributed by atoms with Gasteiger partial charge in [-0.25, -0.2) is 5.26 Å². The van der Waals surface area contributed by atoms with Gasteiger partial charge < -0.3 is 10.2 Å². The van der Waals surface area contributed by atoms with Gasteiger partial charge in [0.25, 0.3) is 10.1 Å². The summed E-state index contributed by atoms with van der Waals surface area (Å²) in [6, 6.07) is 6.80. The second-order valence-corrected chi connectivity index (χ2v) is 11.5. The lowest BCUT2D eigenvalue weighted by Crippen LogP contribution is -2.31. The quantitative estimate of drug-likeness (QED) is 0.166. The van der Waals surface area contributed by atoms with Crippen molar-refractivity contribution in [3.8, 4) is 0 Å². The Labute approximate surface area is 170 Å². The summed E-state index contributed by atoms with van der Waals surface area (Å²) in [5.41, 5.74) is 1.29. The molecule has 28 heavy (non-hydrogen) atoms. The van der Waals surface area contributed by atoms with E-state index in [0.717, 1.165) is 12.0 Å². The molecule has 0 aliphatic carbocycles. The molecule has 1 aromatic carbocycles. The van der Waals surface area contributed by atoms with Crippen LogP contribution in [0.25, 0.3) is 0 Å². The number of benzene rings is 1. The summed E-state index contributed by atoms with van der Waals surface area (Å²) in [5, 5.41) is 32.5. The maximum Gasteiger partial charge on any atom is 0.270 e. The Hall–Kier alpha value is -0.720. The standard InChI is InChI=1S/C18H30O8S2/c1-17(2,27-26-25-21)11-9-15(19)13-5-7-14(8-6-13)16(20)10-12-18(3,4)28(22,23)24/h5-8,15-16,19-21H,9-12H2,1-4H3,(H,22,23,24). The zero-order chi connectivity index (χ0) is 21.6. The Kier molecular flexibility index (Phi) is 9.36. The monoisotopic (exact) mass is 438 g/mol. The summed E-state index contributed by atoms with van der Waals surface area (Å²) in [6.45, 7) is 6.59. The van der Waals surface area contributed by atoms with Crippen LogP contribution in [0.1, 0.15) is 76.7 Å².